The number of benzene rings is 1. The van der Waals surface area contributed by atoms with E-state index < -0.39 is 29.3 Å². The number of aliphatic imine (C=N–C) groups is 1. The Bertz CT molecular complexity index is 1020. The molecule has 0 saturated carbocycles. The Morgan fingerprint density at radius 2 is 2.16 bits per heavy atom. The lowest BCUT2D eigenvalue weighted by Gasteiger charge is -2.36. The number of Topliss-reactive ketones (excluding diaryl/α,β-unsaturated/α-hetero) is 1. The Morgan fingerprint density at radius 1 is 1.35 bits per heavy atom. The highest BCUT2D eigenvalue weighted by molar-refractivity contribution is 8.13. The molecule has 164 valence electrons. The van der Waals surface area contributed by atoms with Gasteiger partial charge in [-0.2, -0.15) is 0 Å². The molecule has 0 unspecified atom stereocenters. The third-order valence-corrected chi connectivity index (χ3v) is 6.66. The van der Waals surface area contributed by atoms with Crippen molar-refractivity contribution in [2.24, 2.45) is 16.6 Å². The predicted molar refractivity (Wildman–Crippen MR) is 111 cm³/mol. The Hall–Kier alpha value is -2.46. The molecule has 31 heavy (non-hydrogen) atoms. The van der Waals surface area contributed by atoms with E-state index in [-0.39, 0.29) is 30.7 Å². The minimum absolute atomic E-state index is 0.0297. The van der Waals surface area contributed by atoms with Gasteiger partial charge in [-0.3, -0.25) is 9.78 Å². The minimum Gasteiger partial charge on any atom is -0.379 e. The lowest BCUT2D eigenvalue weighted by Crippen LogP contribution is -2.42. The average Bonchev–Trinajstić information content (AvgIpc) is 3.13. The van der Waals surface area contributed by atoms with E-state index in [1.54, 1.807) is 6.07 Å². The summed E-state index contributed by atoms with van der Waals surface area (Å²) in [6.45, 7) is 2.23. The van der Waals surface area contributed by atoms with Crippen molar-refractivity contribution >= 4 is 22.7 Å². The number of aromatic nitrogens is 2. The number of rotatable bonds is 6. The number of ketones is 1. The summed E-state index contributed by atoms with van der Waals surface area (Å²) in [5, 5.41) is 0.381. The maximum Gasteiger partial charge on any atom is 0.281 e. The zero-order valence-corrected chi connectivity index (χ0v) is 17.5. The number of nitrogens with zero attached hydrogens (tertiary/aromatic N) is 3. The van der Waals surface area contributed by atoms with Crippen LogP contribution in [0.15, 0.2) is 35.6 Å². The van der Waals surface area contributed by atoms with Crippen LogP contribution < -0.4 is 5.73 Å². The van der Waals surface area contributed by atoms with E-state index in [9.17, 15) is 18.0 Å². The van der Waals surface area contributed by atoms with E-state index in [1.165, 1.54) is 23.9 Å². The number of fused-ring (bicyclic) bond motifs is 1. The van der Waals surface area contributed by atoms with Crippen molar-refractivity contribution in [1.29, 1.82) is 0 Å². The molecule has 0 spiro atoms. The highest BCUT2D eigenvalue weighted by Gasteiger charge is 2.53. The molecule has 4 rings (SSSR count). The van der Waals surface area contributed by atoms with Crippen LogP contribution in [-0.2, 0) is 16.7 Å². The Balaban J connectivity index is 1.64. The number of amidine groups is 1. The van der Waals surface area contributed by atoms with Gasteiger partial charge in [0.15, 0.2) is 11.0 Å². The zero-order chi connectivity index (χ0) is 22.2. The fraction of sp³-hybridized carbons (Fsp3) is 0.429. The van der Waals surface area contributed by atoms with Crippen molar-refractivity contribution in [3.63, 3.8) is 0 Å². The quantitative estimate of drug-likeness (QED) is 0.676. The van der Waals surface area contributed by atoms with Crippen LogP contribution in [0.25, 0.3) is 0 Å². The summed E-state index contributed by atoms with van der Waals surface area (Å²) >= 11 is 1.43. The second-order valence-corrected chi connectivity index (χ2v) is 8.63. The van der Waals surface area contributed by atoms with Gasteiger partial charge in [-0.1, -0.05) is 24.8 Å². The standard InChI is InChI=1S/C21H21F3N4O2S/c1-2-18-13-9-31-20(25)28-21(13,10-30-18)12-5-11(3-4-14(12)22)6-17(29)15-7-27-16(8-26-15)19(23)24/h3-5,7-8,13,18-19H,2,6,9-10H2,1H3,(H2,25,28)/t13-,18-,21-/m1/s1. The van der Waals surface area contributed by atoms with Crippen molar-refractivity contribution in [1.82, 2.24) is 9.97 Å². The van der Waals surface area contributed by atoms with E-state index in [1.807, 2.05) is 6.92 Å². The van der Waals surface area contributed by atoms with Crippen LogP contribution in [0.2, 0.25) is 0 Å². The topological polar surface area (TPSA) is 90.5 Å². The molecule has 6 nitrogen and oxygen atoms in total. The van der Waals surface area contributed by atoms with E-state index >= 15 is 0 Å². The van der Waals surface area contributed by atoms with Crippen LogP contribution in [0.5, 0.6) is 0 Å². The first-order chi connectivity index (χ1) is 14.8. The normalized spacial score (nSPS) is 25.4. The fourth-order valence-corrected chi connectivity index (χ4v) is 5.22. The van der Waals surface area contributed by atoms with Gasteiger partial charge >= 0.3 is 0 Å². The number of halogens is 3. The molecule has 1 fully saturated rings. The highest BCUT2D eigenvalue weighted by atomic mass is 32.2. The molecule has 10 heteroatoms. The van der Waals surface area contributed by atoms with Gasteiger partial charge in [-0.05, 0) is 24.1 Å². The lowest BCUT2D eigenvalue weighted by atomic mass is 9.77. The molecular formula is C21H21F3N4O2S. The first kappa shape index (κ1) is 21.8. The number of hydrogen-bond donors (Lipinski definition) is 1. The lowest BCUT2D eigenvalue weighted by molar-refractivity contribution is 0.0904. The Morgan fingerprint density at radius 3 is 2.84 bits per heavy atom. The third-order valence-electron chi connectivity index (χ3n) is 5.75. The predicted octanol–water partition coefficient (Wildman–Crippen LogP) is 3.66. The number of carbonyl (C=O) groups is 1. The van der Waals surface area contributed by atoms with Gasteiger partial charge in [0.1, 0.15) is 22.7 Å². The largest absolute Gasteiger partial charge is 0.379 e. The van der Waals surface area contributed by atoms with Gasteiger partial charge in [0.25, 0.3) is 6.43 Å². The molecule has 1 saturated heterocycles. The van der Waals surface area contributed by atoms with Crippen LogP contribution >= 0.6 is 11.8 Å². The molecular weight excluding hydrogens is 429 g/mol. The molecule has 0 amide bonds. The van der Waals surface area contributed by atoms with Crippen LogP contribution in [0.1, 0.15) is 47.1 Å². The number of thioether (sulfide) groups is 1. The van der Waals surface area contributed by atoms with Gasteiger partial charge in [0, 0.05) is 23.7 Å². The van der Waals surface area contributed by atoms with E-state index in [0.717, 1.165) is 18.8 Å². The summed E-state index contributed by atoms with van der Waals surface area (Å²) in [5.41, 5.74) is 5.44. The van der Waals surface area contributed by atoms with Crippen LogP contribution in [-0.4, -0.2) is 39.4 Å². The van der Waals surface area contributed by atoms with E-state index in [0.29, 0.717) is 22.0 Å². The van der Waals surface area contributed by atoms with Crippen molar-refractivity contribution in [2.75, 3.05) is 12.4 Å². The van der Waals surface area contributed by atoms with Crippen LogP contribution in [0.4, 0.5) is 13.2 Å². The third kappa shape index (κ3) is 4.06. The number of alkyl halides is 2. The summed E-state index contributed by atoms with van der Waals surface area (Å²) in [5.74, 6) is -0.215. The number of carbonyl (C=O) groups excluding carboxylic acids is 1. The molecule has 1 aromatic carbocycles. The maximum atomic E-state index is 15.0. The van der Waals surface area contributed by atoms with Crippen molar-refractivity contribution in [3.8, 4) is 0 Å². The minimum atomic E-state index is -2.76. The molecule has 2 aliphatic heterocycles. The van der Waals surface area contributed by atoms with Crippen molar-refractivity contribution in [3.05, 3.63) is 58.9 Å². The van der Waals surface area contributed by atoms with Crippen LogP contribution in [0.3, 0.4) is 0 Å². The number of hydrogen-bond acceptors (Lipinski definition) is 7. The molecule has 0 radical (unpaired) electrons. The summed E-state index contributed by atoms with van der Waals surface area (Å²) in [6, 6.07) is 4.44. The van der Waals surface area contributed by atoms with Gasteiger partial charge in [0.05, 0.1) is 25.1 Å². The molecule has 2 N–H and O–H groups in total. The van der Waals surface area contributed by atoms with E-state index in [2.05, 4.69) is 15.0 Å². The molecule has 0 bridgehead atoms. The first-order valence-corrected chi connectivity index (χ1v) is 10.8. The van der Waals surface area contributed by atoms with Crippen LogP contribution in [0, 0.1) is 11.7 Å². The van der Waals surface area contributed by atoms with E-state index in [4.69, 9.17) is 10.5 Å². The summed E-state index contributed by atoms with van der Waals surface area (Å²) in [6.07, 6.45) is -0.208. The average molecular weight is 450 g/mol. The SMILES string of the molecule is CC[C@H]1OC[C@]2(c3cc(CC(=O)c4cnc(C(F)F)cn4)ccc3F)N=C(N)SC[C@H]12. The van der Waals surface area contributed by atoms with Crippen molar-refractivity contribution in [2.45, 2.75) is 37.8 Å². The number of nitrogens with two attached hydrogens (primary N) is 1. The molecule has 1 aromatic heterocycles. The van der Waals surface area contributed by atoms with Gasteiger partial charge in [-0.15, -0.1) is 0 Å². The molecule has 3 atom stereocenters. The Kier molecular flexibility index (Phi) is 6.02. The Labute approximate surface area is 181 Å². The molecule has 0 aliphatic carbocycles. The molecule has 3 heterocycles. The maximum absolute atomic E-state index is 15.0. The molecule has 2 aliphatic rings. The fourth-order valence-electron chi connectivity index (χ4n) is 4.15. The second kappa shape index (κ2) is 8.58. The summed E-state index contributed by atoms with van der Waals surface area (Å²) in [4.78, 5) is 24.6. The van der Waals surface area contributed by atoms with Crippen molar-refractivity contribution < 1.29 is 22.7 Å². The summed E-state index contributed by atoms with van der Waals surface area (Å²) < 4.78 is 46.2. The van der Waals surface area contributed by atoms with Gasteiger partial charge in [0.2, 0.25) is 0 Å². The monoisotopic (exact) mass is 450 g/mol. The van der Waals surface area contributed by atoms with Gasteiger partial charge in [-0.25, -0.2) is 23.1 Å². The zero-order valence-electron chi connectivity index (χ0n) is 16.7. The highest BCUT2D eigenvalue weighted by Crippen LogP contribution is 2.48. The smallest absolute Gasteiger partial charge is 0.281 e. The first-order valence-electron chi connectivity index (χ1n) is 9.86. The second-order valence-electron chi connectivity index (χ2n) is 7.59. The summed E-state index contributed by atoms with van der Waals surface area (Å²) in [7, 11) is 0. The number of ether oxygens (including phenoxy) is 1. The molecule has 2 aromatic rings. The van der Waals surface area contributed by atoms with Gasteiger partial charge < -0.3 is 10.5 Å².